The molecule has 3 rings (SSSR count). The SMILES string of the molecule is CS(=O)(=O)c1ccc(Cl)c(C(=O)OCc2ncc(-c3ccccc3)o2)c1. The van der Waals surface area contributed by atoms with Crippen molar-refractivity contribution in [3.05, 3.63) is 71.2 Å². The minimum atomic E-state index is -3.47. The summed E-state index contributed by atoms with van der Waals surface area (Å²) in [7, 11) is -3.47. The molecule has 0 atom stereocenters. The lowest BCUT2D eigenvalue weighted by molar-refractivity contribution is 0.0439. The molecule has 2 aromatic carbocycles. The maximum Gasteiger partial charge on any atom is 0.340 e. The summed E-state index contributed by atoms with van der Waals surface area (Å²) in [4.78, 5) is 16.3. The van der Waals surface area contributed by atoms with E-state index in [9.17, 15) is 13.2 Å². The van der Waals surface area contributed by atoms with Gasteiger partial charge in [-0.2, -0.15) is 0 Å². The highest BCUT2D eigenvalue weighted by molar-refractivity contribution is 7.90. The van der Waals surface area contributed by atoms with E-state index in [-0.39, 0.29) is 28.0 Å². The van der Waals surface area contributed by atoms with E-state index in [1.807, 2.05) is 30.3 Å². The molecule has 3 aromatic rings. The van der Waals surface area contributed by atoms with Crippen LogP contribution in [0.3, 0.4) is 0 Å². The van der Waals surface area contributed by atoms with E-state index in [1.165, 1.54) is 24.4 Å². The molecule has 6 nitrogen and oxygen atoms in total. The molecule has 8 heteroatoms. The number of esters is 1. The number of carbonyl (C=O) groups is 1. The summed E-state index contributed by atoms with van der Waals surface area (Å²) in [5.41, 5.74) is 0.811. The normalized spacial score (nSPS) is 11.3. The molecular formula is C18H14ClNO5S. The van der Waals surface area contributed by atoms with Crippen molar-refractivity contribution in [3.63, 3.8) is 0 Å². The number of benzene rings is 2. The van der Waals surface area contributed by atoms with Crippen molar-refractivity contribution in [3.8, 4) is 11.3 Å². The molecule has 0 saturated carbocycles. The maximum atomic E-state index is 12.2. The van der Waals surface area contributed by atoms with Crippen LogP contribution in [0.2, 0.25) is 5.02 Å². The summed E-state index contributed by atoms with van der Waals surface area (Å²) < 4.78 is 33.9. The quantitative estimate of drug-likeness (QED) is 0.615. The molecule has 134 valence electrons. The van der Waals surface area contributed by atoms with Gasteiger partial charge in [0.05, 0.1) is 21.7 Å². The largest absolute Gasteiger partial charge is 0.452 e. The topological polar surface area (TPSA) is 86.5 Å². The van der Waals surface area contributed by atoms with Gasteiger partial charge in [0, 0.05) is 11.8 Å². The Balaban J connectivity index is 1.73. The van der Waals surface area contributed by atoms with Crippen molar-refractivity contribution in [2.75, 3.05) is 6.26 Å². The van der Waals surface area contributed by atoms with Gasteiger partial charge in [-0.3, -0.25) is 0 Å². The standard InChI is InChI=1S/C18H14ClNO5S/c1-26(22,23)13-7-8-15(19)14(9-13)18(21)24-11-17-20-10-16(25-17)12-5-3-2-4-6-12/h2-10H,11H2,1H3. The fraction of sp³-hybridized carbons (Fsp3) is 0.111. The summed E-state index contributed by atoms with van der Waals surface area (Å²) >= 11 is 5.97. The van der Waals surface area contributed by atoms with Gasteiger partial charge >= 0.3 is 5.97 Å². The monoisotopic (exact) mass is 391 g/mol. The Labute approximate surface area is 155 Å². The Bertz CT molecular complexity index is 1040. The summed E-state index contributed by atoms with van der Waals surface area (Å²) in [6.07, 6.45) is 2.58. The average Bonchev–Trinajstić information content (AvgIpc) is 3.09. The molecule has 1 heterocycles. The number of nitrogens with zero attached hydrogens (tertiary/aromatic N) is 1. The van der Waals surface area contributed by atoms with E-state index in [2.05, 4.69) is 4.98 Å². The van der Waals surface area contributed by atoms with Gasteiger partial charge < -0.3 is 9.15 Å². The number of sulfone groups is 1. The van der Waals surface area contributed by atoms with Crippen LogP contribution in [-0.2, 0) is 21.2 Å². The van der Waals surface area contributed by atoms with Gasteiger partial charge in [-0.1, -0.05) is 41.9 Å². The second kappa shape index (κ2) is 7.31. The van der Waals surface area contributed by atoms with Gasteiger partial charge in [0.1, 0.15) is 0 Å². The van der Waals surface area contributed by atoms with Crippen LogP contribution in [0.1, 0.15) is 16.2 Å². The smallest absolute Gasteiger partial charge is 0.340 e. The van der Waals surface area contributed by atoms with Crippen LogP contribution in [0.25, 0.3) is 11.3 Å². The van der Waals surface area contributed by atoms with Gasteiger partial charge in [0.2, 0.25) is 5.89 Å². The first kappa shape index (κ1) is 18.2. The molecule has 0 aliphatic carbocycles. The number of halogens is 1. The van der Waals surface area contributed by atoms with Crippen molar-refractivity contribution < 1.29 is 22.4 Å². The molecule has 0 radical (unpaired) electrons. The number of oxazole rings is 1. The molecule has 0 aliphatic rings. The zero-order valence-electron chi connectivity index (χ0n) is 13.7. The van der Waals surface area contributed by atoms with Crippen LogP contribution >= 0.6 is 11.6 Å². The molecule has 26 heavy (non-hydrogen) atoms. The van der Waals surface area contributed by atoms with Crippen LogP contribution in [0.15, 0.2) is 64.0 Å². The molecule has 1 aromatic heterocycles. The van der Waals surface area contributed by atoms with Crippen molar-refractivity contribution in [2.45, 2.75) is 11.5 Å². The molecular weight excluding hydrogens is 378 g/mol. The Morgan fingerprint density at radius 3 is 2.62 bits per heavy atom. The van der Waals surface area contributed by atoms with Gasteiger partial charge in [-0.05, 0) is 18.2 Å². The first-order valence-electron chi connectivity index (χ1n) is 7.51. The van der Waals surface area contributed by atoms with Crippen molar-refractivity contribution in [1.82, 2.24) is 4.98 Å². The highest BCUT2D eigenvalue weighted by atomic mass is 35.5. The van der Waals surface area contributed by atoms with Crippen molar-refractivity contribution in [1.29, 1.82) is 0 Å². The Morgan fingerprint density at radius 2 is 1.92 bits per heavy atom. The minimum Gasteiger partial charge on any atom is -0.452 e. The third-order valence-electron chi connectivity index (χ3n) is 3.52. The maximum absolute atomic E-state index is 12.2. The van der Waals surface area contributed by atoms with Gasteiger partial charge in [0.25, 0.3) is 0 Å². The lowest BCUT2D eigenvalue weighted by Gasteiger charge is -2.06. The summed E-state index contributed by atoms with van der Waals surface area (Å²) in [6, 6.07) is 13.2. The lowest BCUT2D eigenvalue weighted by atomic mass is 10.2. The van der Waals surface area contributed by atoms with Crippen molar-refractivity contribution in [2.24, 2.45) is 0 Å². The molecule has 0 bridgehead atoms. The Morgan fingerprint density at radius 1 is 1.19 bits per heavy atom. The zero-order chi connectivity index (χ0) is 18.7. The second-order valence-electron chi connectivity index (χ2n) is 5.47. The third kappa shape index (κ3) is 4.12. The van der Waals surface area contributed by atoms with Crippen molar-refractivity contribution >= 4 is 27.4 Å². The summed E-state index contributed by atoms with van der Waals surface area (Å²) in [5.74, 6) is 0.00121. The number of carbonyl (C=O) groups excluding carboxylic acids is 1. The fourth-order valence-corrected chi connectivity index (χ4v) is 3.05. The minimum absolute atomic E-state index is 0.0173. The predicted molar refractivity (Wildman–Crippen MR) is 95.6 cm³/mol. The number of ether oxygens (including phenoxy) is 1. The first-order chi connectivity index (χ1) is 12.3. The highest BCUT2D eigenvalue weighted by Gasteiger charge is 2.17. The first-order valence-corrected chi connectivity index (χ1v) is 9.78. The Hall–Kier alpha value is -2.64. The van der Waals surface area contributed by atoms with E-state index in [1.54, 1.807) is 0 Å². The lowest BCUT2D eigenvalue weighted by Crippen LogP contribution is -2.08. The van der Waals surface area contributed by atoms with Crippen LogP contribution in [0.5, 0.6) is 0 Å². The van der Waals surface area contributed by atoms with Gasteiger partial charge in [0.15, 0.2) is 22.2 Å². The molecule has 0 fully saturated rings. The van der Waals surface area contributed by atoms with Crippen LogP contribution in [0, 0.1) is 0 Å². The highest BCUT2D eigenvalue weighted by Crippen LogP contribution is 2.23. The van der Waals surface area contributed by atoms with Crippen LogP contribution in [-0.4, -0.2) is 25.6 Å². The molecule has 0 unspecified atom stereocenters. The fourth-order valence-electron chi connectivity index (χ4n) is 2.21. The summed E-state index contributed by atoms with van der Waals surface area (Å²) in [5, 5.41) is 0.0970. The van der Waals surface area contributed by atoms with E-state index in [0.29, 0.717) is 5.76 Å². The van der Waals surface area contributed by atoms with Crippen LogP contribution < -0.4 is 0 Å². The van der Waals surface area contributed by atoms with E-state index < -0.39 is 15.8 Å². The number of aromatic nitrogens is 1. The average molecular weight is 392 g/mol. The molecule has 0 N–H and O–H groups in total. The molecule has 0 aliphatic heterocycles. The molecule has 0 spiro atoms. The van der Waals surface area contributed by atoms with E-state index >= 15 is 0 Å². The Kier molecular flexibility index (Phi) is 5.11. The summed E-state index contributed by atoms with van der Waals surface area (Å²) in [6.45, 7) is -0.203. The predicted octanol–water partition coefficient (Wildman–Crippen LogP) is 3.76. The molecule has 0 amide bonds. The van der Waals surface area contributed by atoms with E-state index in [0.717, 1.165) is 11.8 Å². The van der Waals surface area contributed by atoms with E-state index in [4.69, 9.17) is 20.8 Å². The third-order valence-corrected chi connectivity index (χ3v) is 4.96. The van der Waals surface area contributed by atoms with Crippen LogP contribution in [0.4, 0.5) is 0 Å². The number of hydrogen-bond donors (Lipinski definition) is 0. The zero-order valence-corrected chi connectivity index (χ0v) is 15.3. The number of rotatable bonds is 5. The number of hydrogen-bond acceptors (Lipinski definition) is 6. The molecule has 0 saturated heterocycles. The van der Waals surface area contributed by atoms with Gasteiger partial charge in [-0.25, -0.2) is 18.2 Å². The van der Waals surface area contributed by atoms with Gasteiger partial charge in [-0.15, -0.1) is 0 Å². The second-order valence-corrected chi connectivity index (χ2v) is 7.90.